The van der Waals surface area contributed by atoms with E-state index in [1.807, 2.05) is 18.2 Å². The van der Waals surface area contributed by atoms with Crippen LogP contribution < -0.4 is 5.73 Å². The second-order valence-electron chi connectivity index (χ2n) is 4.68. The fourth-order valence-corrected chi connectivity index (χ4v) is 2.44. The minimum absolute atomic E-state index is 0.0616. The van der Waals surface area contributed by atoms with Crippen LogP contribution in [0, 0.1) is 5.82 Å². The maximum Gasteiger partial charge on any atom is 0.306 e. The van der Waals surface area contributed by atoms with E-state index in [-0.39, 0.29) is 24.8 Å². The van der Waals surface area contributed by atoms with Crippen molar-refractivity contribution in [1.29, 1.82) is 0 Å². The zero-order valence-corrected chi connectivity index (χ0v) is 12.9. The van der Waals surface area contributed by atoms with Crippen molar-refractivity contribution in [3.8, 4) is 0 Å². The van der Waals surface area contributed by atoms with Crippen molar-refractivity contribution >= 4 is 27.6 Å². The zero-order chi connectivity index (χ0) is 15.2. The second kappa shape index (κ2) is 7.22. The molecule has 2 N–H and O–H groups in total. The smallest absolute Gasteiger partial charge is 0.306 e. The fourth-order valence-electron chi connectivity index (χ4n) is 1.93. The third kappa shape index (κ3) is 5.19. The summed E-state index contributed by atoms with van der Waals surface area (Å²) in [7, 11) is 0. The van der Waals surface area contributed by atoms with Gasteiger partial charge in [-0.1, -0.05) is 28.1 Å². The molecule has 3 nitrogen and oxygen atoms in total. The van der Waals surface area contributed by atoms with Crippen LogP contribution in [0.3, 0.4) is 0 Å². The van der Waals surface area contributed by atoms with Crippen molar-refractivity contribution in [1.82, 2.24) is 0 Å². The maximum absolute atomic E-state index is 13.2. The highest BCUT2D eigenvalue weighted by molar-refractivity contribution is 9.10. The van der Waals surface area contributed by atoms with Gasteiger partial charge in [0.05, 0.1) is 0 Å². The second-order valence-corrected chi connectivity index (χ2v) is 5.60. The first kappa shape index (κ1) is 15.5. The lowest BCUT2D eigenvalue weighted by atomic mass is 10.1. The van der Waals surface area contributed by atoms with Gasteiger partial charge < -0.3 is 10.5 Å². The van der Waals surface area contributed by atoms with Crippen molar-refractivity contribution in [2.45, 2.75) is 19.4 Å². The minimum Gasteiger partial charge on any atom is -0.461 e. The van der Waals surface area contributed by atoms with Crippen molar-refractivity contribution in [2.75, 3.05) is 5.73 Å². The van der Waals surface area contributed by atoms with Crippen LogP contribution in [-0.2, 0) is 22.6 Å². The summed E-state index contributed by atoms with van der Waals surface area (Å²) in [6.45, 7) is 0.0616. The van der Waals surface area contributed by atoms with Crippen LogP contribution in [-0.4, -0.2) is 5.97 Å². The molecule has 0 atom stereocenters. The average Bonchev–Trinajstić information content (AvgIpc) is 2.42. The van der Waals surface area contributed by atoms with E-state index in [0.29, 0.717) is 22.1 Å². The predicted molar refractivity (Wildman–Crippen MR) is 83.1 cm³/mol. The number of aryl methyl sites for hydroxylation is 1. The third-order valence-corrected chi connectivity index (χ3v) is 3.35. The van der Waals surface area contributed by atoms with Gasteiger partial charge in [0.25, 0.3) is 0 Å². The summed E-state index contributed by atoms with van der Waals surface area (Å²) in [4.78, 5) is 11.7. The molecule has 0 aliphatic carbocycles. The van der Waals surface area contributed by atoms with Gasteiger partial charge >= 0.3 is 5.97 Å². The number of anilines is 1. The topological polar surface area (TPSA) is 52.3 Å². The molecule has 0 unspecified atom stereocenters. The minimum atomic E-state index is -0.366. The summed E-state index contributed by atoms with van der Waals surface area (Å²) in [5, 5.41) is 0. The Labute approximate surface area is 131 Å². The molecule has 110 valence electrons. The standard InChI is InChI=1S/C16H15BrFNO2/c17-13-6-12(7-14(18)9-13)10-21-16(20)5-4-11-2-1-3-15(19)8-11/h1-3,6-9H,4-5,10,19H2. The highest BCUT2D eigenvalue weighted by atomic mass is 79.9. The highest BCUT2D eigenvalue weighted by Gasteiger charge is 2.06. The summed E-state index contributed by atoms with van der Waals surface area (Å²) >= 11 is 3.20. The molecular formula is C16H15BrFNO2. The van der Waals surface area contributed by atoms with Crippen LogP contribution in [0.25, 0.3) is 0 Å². The number of halogens is 2. The first-order valence-corrected chi connectivity index (χ1v) is 7.27. The van der Waals surface area contributed by atoms with Gasteiger partial charge in [0.1, 0.15) is 12.4 Å². The van der Waals surface area contributed by atoms with E-state index in [9.17, 15) is 9.18 Å². The molecule has 2 aromatic carbocycles. The summed E-state index contributed by atoms with van der Waals surface area (Å²) < 4.78 is 18.9. The lowest BCUT2D eigenvalue weighted by Gasteiger charge is -2.06. The number of benzene rings is 2. The van der Waals surface area contributed by atoms with Crippen LogP contribution >= 0.6 is 15.9 Å². The molecule has 5 heteroatoms. The molecule has 2 aromatic rings. The number of nitrogens with two attached hydrogens (primary N) is 1. The van der Waals surface area contributed by atoms with E-state index >= 15 is 0 Å². The molecule has 0 aromatic heterocycles. The number of esters is 1. The number of hydrogen-bond acceptors (Lipinski definition) is 3. The number of hydrogen-bond donors (Lipinski definition) is 1. The molecule has 0 bridgehead atoms. The molecule has 21 heavy (non-hydrogen) atoms. The quantitative estimate of drug-likeness (QED) is 0.657. The Hall–Kier alpha value is -1.88. The van der Waals surface area contributed by atoms with Gasteiger partial charge in [-0.3, -0.25) is 4.79 Å². The molecule has 0 aliphatic rings. The van der Waals surface area contributed by atoms with E-state index in [1.165, 1.54) is 12.1 Å². The lowest BCUT2D eigenvalue weighted by Crippen LogP contribution is -2.06. The SMILES string of the molecule is Nc1cccc(CCC(=O)OCc2cc(F)cc(Br)c2)c1. The van der Waals surface area contributed by atoms with E-state index in [4.69, 9.17) is 10.5 Å². The van der Waals surface area contributed by atoms with Crippen LogP contribution in [0.1, 0.15) is 17.5 Å². The number of carbonyl (C=O) groups is 1. The number of ether oxygens (including phenoxy) is 1. The Morgan fingerprint density at radius 2 is 2.00 bits per heavy atom. The van der Waals surface area contributed by atoms with Crippen molar-refractivity contribution in [2.24, 2.45) is 0 Å². The van der Waals surface area contributed by atoms with Gasteiger partial charge in [0.15, 0.2) is 0 Å². The molecule has 0 amide bonds. The highest BCUT2D eigenvalue weighted by Crippen LogP contribution is 2.16. The first-order valence-electron chi connectivity index (χ1n) is 6.48. The number of rotatable bonds is 5. The Kier molecular flexibility index (Phi) is 5.33. The molecule has 0 saturated heterocycles. The van der Waals surface area contributed by atoms with Crippen molar-refractivity contribution < 1.29 is 13.9 Å². The summed E-state index contributed by atoms with van der Waals surface area (Å²) in [5.74, 6) is -0.687. The molecular weight excluding hydrogens is 337 g/mol. The largest absolute Gasteiger partial charge is 0.461 e. The Morgan fingerprint density at radius 3 is 2.71 bits per heavy atom. The van der Waals surface area contributed by atoms with Crippen molar-refractivity contribution in [3.63, 3.8) is 0 Å². The van der Waals surface area contributed by atoms with Gasteiger partial charge in [-0.05, 0) is 47.9 Å². The van der Waals surface area contributed by atoms with Crippen LogP contribution in [0.15, 0.2) is 46.9 Å². The molecule has 0 saturated carbocycles. The van der Waals surface area contributed by atoms with Crippen LogP contribution in [0.2, 0.25) is 0 Å². The average molecular weight is 352 g/mol. The predicted octanol–water partition coefficient (Wildman–Crippen LogP) is 3.85. The molecule has 0 heterocycles. The van der Waals surface area contributed by atoms with E-state index in [1.54, 1.807) is 12.1 Å². The summed E-state index contributed by atoms with van der Waals surface area (Å²) in [6, 6.07) is 11.8. The molecule has 0 aliphatic heterocycles. The molecule has 0 radical (unpaired) electrons. The van der Waals surface area contributed by atoms with Gasteiger partial charge in [0, 0.05) is 16.6 Å². The molecule has 0 spiro atoms. The lowest BCUT2D eigenvalue weighted by molar-refractivity contribution is -0.144. The van der Waals surface area contributed by atoms with Gasteiger partial charge in [0.2, 0.25) is 0 Å². The van der Waals surface area contributed by atoms with Gasteiger partial charge in [-0.25, -0.2) is 4.39 Å². The summed E-state index contributed by atoms with van der Waals surface area (Å²) in [5.41, 5.74) is 7.94. The fraction of sp³-hybridized carbons (Fsp3) is 0.188. The Morgan fingerprint density at radius 1 is 1.19 bits per heavy atom. The van der Waals surface area contributed by atoms with E-state index in [2.05, 4.69) is 15.9 Å². The monoisotopic (exact) mass is 351 g/mol. The number of carbonyl (C=O) groups excluding carboxylic acids is 1. The Balaban J connectivity index is 1.82. The van der Waals surface area contributed by atoms with E-state index < -0.39 is 0 Å². The van der Waals surface area contributed by atoms with Crippen LogP contribution in [0.4, 0.5) is 10.1 Å². The third-order valence-electron chi connectivity index (χ3n) is 2.89. The molecule has 2 rings (SSSR count). The van der Waals surface area contributed by atoms with Crippen molar-refractivity contribution in [3.05, 3.63) is 63.9 Å². The molecule has 0 fully saturated rings. The zero-order valence-electron chi connectivity index (χ0n) is 11.3. The van der Waals surface area contributed by atoms with Gasteiger partial charge in [-0.15, -0.1) is 0 Å². The summed E-state index contributed by atoms with van der Waals surface area (Å²) in [6.07, 6.45) is 0.830. The van der Waals surface area contributed by atoms with E-state index in [0.717, 1.165) is 5.56 Å². The van der Waals surface area contributed by atoms with Gasteiger partial charge in [-0.2, -0.15) is 0 Å². The number of nitrogen functional groups attached to an aromatic ring is 1. The maximum atomic E-state index is 13.2. The van der Waals surface area contributed by atoms with Crippen LogP contribution in [0.5, 0.6) is 0 Å². The normalized spacial score (nSPS) is 10.4. The first-order chi connectivity index (χ1) is 10.0. The Bertz CT molecular complexity index is 626.